The molecule has 2 atom stereocenters. The Kier molecular flexibility index (Phi) is 6.99. The lowest BCUT2D eigenvalue weighted by molar-refractivity contribution is -0.133. The summed E-state index contributed by atoms with van der Waals surface area (Å²) in [5.74, 6) is -5.46. The van der Waals surface area contributed by atoms with Crippen molar-refractivity contribution in [2.24, 2.45) is 5.92 Å². The van der Waals surface area contributed by atoms with E-state index in [1.54, 1.807) is 31.2 Å². The first-order valence-corrected chi connectivity index (χ1v) is 13.9. The standard InChI is InChI=1S/C26H29F3N4O4S/c1-17-5-2-3-8-22(17)23(24(34)30-20-14-26(28,29)15-20)33(21-7-4-6-19(27)13-21)25(35)18-9-10-32(16-18)38(36,37)31-11-12-31/h2-8,13,18,20,23H,9-12,14-16H2,1H3,(H,30,34)/t18-,23+/m0/s1. The van der Waals surface area contributed by atoms with E-state index < -0.39 is 64.6 Å². The Morgan fingerprint density at radius 2 is 1.76 bits per heavy atom. The third kappa shape index (κ3) is 5.29. The molecule has 2 saturated heterocycles. The van der Waals surface area contributed by atoms with Crippen molar-refractivity contribution in [2.45, 2.75) is 44.2 Å². The molecule has 1 saturated carbocycles. The molecule has 5 rings (SSSR count). The third-order valence-corrected chi connectivity index (χ3v) is 9.31. The summed E-state index contributed by atoms with van der Waals surface area (Å²) in [7, 11) is -3.66. The predicted molar refractivity (Wildman–Crippen MR) is 134 cm³/mol. The van der Waals surface area contributed by atoms with Gasteiger partial charge in [-0.15, -0.1) is 0 Å². The first-order chi connectivity index (χ1) is 18.0. The van der Waals surface area contributed by atoms with E-state index in [9.17, 15) is 31.2 Å². The van der Waals surface area contributed by atoms with Crippen LogP contribution < -0.4 is 10.2 Å². The van der Waals surface area contributed by atoms with Crippen LogP contribution >= 0.6 is 0 Å². The molecule has 38 heavy (non-hydrogen) atoms. The lowest BCUT2D eigenvalue weighted by Crippen LogP contribution is -2.54. The monoisotopic (exact) mass is 550 g/mol. The van der Waals surface area contributed by atoms with Crippen LogP contribution in [0.3, 0.4) is 0 Å². The van der Waals surface area contributed by atoms with Crippen molar-refractivity contribution in [3.05, 3.63) is 65.5 Å². The lowest BCUT2D eigenvalue weighted by atomic mass is 9.87. The number of anilines is 1. The summed E-state index contributed by atoms with van der Waals surface area (Å²) in [6, 6.07) is 10.1. The third-order valence-electron chi connectivity index (χ3n) is 7.31. The molecule has 0 unspecified atom stereocenters. The molecule has 0 bridgehead atoms. The van der Waals surface area contributed by atoms with Crippen LogP contribution in [0, 0.1) is 18.7 Å². The Hall–Kier alpha value is -2.96. The van der Waals surface area contributed by atoms with E-state index in [0.717, 1.165) is 6.07 Å². The molecule has 2 aromatic carbocycles. The smallest absolute Gasteiger partial charge is 0.282 e. The van der Waals surface area contributed by atoms with Gasteiger partial charge in [0.2, 0.25) is 11.8 Å². The number of aryl methyl sites for hydroxylation is 1. The summed E-state index contributed by atoms with van der Waals surface area (Å²) in [4.78, 5) is 29.0. The average Bonchev–Trinajstić information content (AvgIpc) is 3.58. The molecule has 1 N–H and O–H groups in total. The van der Waals surface area contributed by atoms with Gasteiger partial charge in [-0.25, -0.2) is 13.2 Å². The summed E-state index contributed by atoms with van der Waals surface area (Å²) < 4.78 is 69.4. The fourth-order valence-electron chi connectivity index (χ4n) is 5.13. The van der Waals surface area contributed by atoms with Gasteiger partial charge < -0.3 is 5.32 Å². The molecule has 0 radical (unpaired) electrons. The number of amides is 2. The van der Waals surface area contributed by atoms with E-state index in [2.05, 4.69) is 5.32 Å². The van der Waals surface area contributed by atoms with Crippen LogP contribution in [0.4, 0.5) is 18.9 Å². The van der Waals surface area contributed by atoms with Gasteiger partial charge in [0.15, 0.2) is 0 Å². The molecule has 12 heteroatoms. The first-order valence-electron chi connectivity index (χ1n) is 12.5. The number of nitrogens with zero attached hydrogens (tertiary/aromatic N) is 3. The fraction of sp³-hybridized carbons (Fsp3) is 0.462. The van der Waals surface area contributed by atoms with E-state index in [1.807, 2.05) is 0 Å². The van der Waals surface area contributed by atoms with Gasteiger partial charge in [0, 0.05) is 50.7 Å². The first kappa shape index (κ1) is 26.6. The molecule has 2 aliphatic heterocycles. The van der Waals surface area contributed by atoms with Crippen LogP contribution in [0.5, 0.6) is 0 Å². The molecule has 0 spiro atoms. The van der Waals surface area contributed by atoms with Gasteiger partial charge in [0.1, 0.15) is 11.9 Å². The maximum absolute atomic E-state index is 14.4. The number of rotatable bonds is 8. The molecule has 8 nitrogen and oxygen atoms in total. The minimum absolute atomic E-state index is 0.0690. The molecular formula is C26H29F3N4O4S. The van der Waals surface area contributed by atoms with Crippen molar-refractivity contribution in [2.75, 3.05) is 31.1 Å². The van der Waals surface area contributed by atoms with Crippen LogP contribution in [-0.4, -0.2) is 67.0 Å². The van der Waals surface area contributed by atoms with Crippen LogP contribution in [-0.2, 0) is 19.8 Å². The lowest BCUT2D eigenvalue weighted by Gasteiger charge is -2.39. The van der Waals surface area contributed by atoms with E-state index in [4.69, 9.17) is 0 Å². The number of halogens is 3. The zero-order chi connectivity index (χ0) is 27.2. The second-order valence-corrected chi connectivity index (χ2v) is 12.1. The maximum atomic E-state index is 14.4. The Balaban J connectivity index is 1.51. The summed E-state index contributed by atoms with van der Waals surface area (Å²) in [5, 5.41) is 2.64. The number of hydrogen-bond acceptors (Lipinski definition) is 4. The Morgan fingerprint density at radius 1 is 1.05 bits per heavy atom. The summed E-state index contributed by atoms with van der Waals surface area (Å²) in [6.45, 7) is 2.70. The average molecular weight is 551 g/mol. The van der Waals surface area contributed by atoms with Crippen molar-refractivity contribution >= 4 is 27.7 Å². The highest BCUT2D eigenvalue weighted by molar-refractivity contribution is 7.87. The number of hydrogen-bond donors (Lipinski definition) is 1. The Morgan fingerprint density at radius 3 is 2.39 bits per heavy atom. The van der Waals surface area contributed by atoms with E-state index in [1.165, 1.54) is 31.7 Å². The quantitative estimate of drug-likeness (QED) is 0.512. The predicted octanol–water partition coefficient (Wildman–Crippen LogP) is 3.00. The highest BCUT2D eigenvalue weighted by Gasteiger charge is 2.48. The van der Waals surface area contributed by atoms with Gasteiger partial charge in [-0.2, -0.15) is 17.0 Å². The molecule has 2 aromatic rings. The van der Waals surface area contributed by atoms with Gasteiger partial charge >= 0.3 is 0 Å². The van der Waals surface area contributed by atoms with E-state index in [0.29, 0.717) is 24.2 Å². The highest BCUT2D eigenvalue weighted by Crippen LogP contribution is 2.39. The highest BCUT2D eigenvalue weighted by atomic mass is 32.2. The normalized spacial score (nSPS) is 22.5. The number of benzene rings is 2. The summed E-state index contributed by atoms with van der Waals surface area (Å²) >= 11 is 0. The molecular weight excluding hydrogens is 521 g/mol. The molecule has 2 heterocycles. The van der Waals surface area contributed by atoms with Crippen LogP contribution in [0.1, 0.15) is 36.4 Å². The van der Waals surface area contributed by atoms with Crippen molar-refractivity contribution in [1.29, 1.82) is 0 Å². The molecule has 3 aliphatic rings. The second kappa shape index (κ2) is 9.97. The Labute approximate surface area is 219 Å². The minimum atomic E-state index is -3.66. The topological polar surface area (TPSA) is 89.8 Å². The van der Waals surface area contributed by atoms with E-state index in [-0.39, 0.29) is 25.2 Å². The maximum Gasteiger partial charge on any atom is 0.282 e. The van der Waals surface area contributed by atoms with Gasteiger partial charge in [0.25, 0.3) is 16.1 Å². The summed E-state index contributed by atoms with van der Waals surface area (Å²) in [5.41, 5.74) is 1.25. The zero-order valence-electron chi connectivity index (χ0n) is 20.8. The van der Waals surface area contributed by atoms with Crippen LogP contribution in [0.2, 0.25) is 0 Å². The molecule has 1 aliphatic carbocycles. The van der Waals surface area contributed by atoms with Gasteiger partial charge in [-0.05, 0) is 42.7 Å². The zero-order valence-corrected chi connectivity index (χ0v) is 21.6. The number of nitrogens with one attached hydrogen (secondary N) is 1. The van der Waals surface area contributed by atoms with Gasteiger partial charge in [0.05, 0.1) is 5.92 Å². The fourth-order valence-corrected chi connectivity index (χ4v) is 6.71. The minimum Gasteiger partial charge on any atom is -0.351 e. The summed E-state index contributed by atoms with van der Waals surface area (Å²) in [6.07, 6.45) is -0.771. The molecule has 0 aromatic heterocycles. The van der Waals surface area contributed by atoms with Crippen molar-refractivity contribution in [3.63, 3.8) is 0 Å². The Bertz CT molecular complexity index is 1340. The molecule has 3 fully saturated rings. The van der Waals surface area contributed by atoms with Crippen molar-refractivity contribution in [1.82, 2.24) is 13.9 Å². The van der Waals surface area contributed by atoms with Crippen LogP contribution in [0.15, 0.2) is 48.5 Å². The van der Waals surface area contributed by atoms with Gasteiger partial charge in [-0.3, -0.25) is 14.5 Å². The SMILES string of the molecule is Cc1ccccc1[C@H](C(=O)NC1CC(F)(F)C1)N(C(=O)[C@H]1CCN(S(=O)(=O)N2CC2)C1)c1cccc(F)c1. The number of carbonyl (C=O) groups is 2. The molecule has 2 amide bonds. The second-order valence-electron chi connectivity index (χ2n) is 10.2. The number of carbonyl (C=O) groups excluding carboxylic acids is 2. The molecule has 204 valence electrons. The van der Waals surface area contributed by atoms with Crippen LogP contribution in [0.25, 0.3) is 0 Å². The largest absolute Gasteiger partial charge is 0.351 e. The van der Waals surface area contributed by atoms with Gasteiger partial charge in [-0.1, -0.05) is 30.3 Å². The van der Waals surface area contributed by atoms with Crippen molar-refractivity contribution < 1.29 is 31.2 Å². The van der Waals surface area contributed by atoms with Crippen molar-refractivity contribution in [3.8, 4) is 0 Å². The van der Waals surface area contributed by atoms with E-state index >= 15 is 0 Å². The number of alkyl halides is 2.